The van der Waals surface area contributed by atoms with Crippen LogP contribution >= 0.6 is 0 Å². The fourth-order valence-electron chi connectivity index (χ4n) is 0.0678. The van der Waals surface area contributed by atoms with E-state index in [9.17, 15) is 0 Å². The number of guanidine groups is 1. The minimum atomic E-state index is -1.83. The van der Waals surface area contributed by atoms with Crippen molar-refractivity contribution in [3.05, 3.63) is 4.91 Å². The summed E-state index contributed by atoms with van der Waals surface area (Å²) in [6, 6.07) is 0. The molecule has 0 saturated heterocycles. The number of carboxylic acid groups (broad SMARTS) is 2. The predicted octanol–water partition coefficient (Wildman–Crippen LogP) is -1.34. The Kier molecular flexibility index (Phi) is 19.3. The van der Waals surface area contributed by atoms with Crippen LogP contribution in [-0.4, -0.2) is 73.7 Å². The Morgan fingerprint density at radius 2 is 1.92 bits per heavy atom. The van der Waals surface area contributed by atoms with Gasteiger partial charge in [-0.2, -0.15) is 5.48 Å². The summed E-state index contributed by atoms with van der Waals surface area (Å²) >= 11 is 0. The van der Waals surface area contributed by atoms with Crippen LogP contribution < -0.4 is 11.2 Å². The number of hydroxylamine groups is 1. The van der Waals surface area contributed by atoms with E-state index in [1.807, 2.05) is 5.34 Å². The van der Waals surface area contributed by atoms with E-state index in [-0.39, 0.29) is 51.4 Å². The molecule has 0 saturated carbocycles. The molecule has 9 nitrogen and oxygen atoms in total. The van der Waals surface area contributed by atoms with Gasteiger partial charge in [-0.3, -0.25) is 5.41 Å². The summed E-state index contributed by atoms with van der Waals surface area (Å²) in [5, 5.41) is 22.2. The van der Waals surface area contributed by atoms with Crippen LogP contribution in [0.15, 0.2) is 5.34 Å². The van der Waals surface area contributed by atoms with E-state index in [1.54, 1.807) is 5.48 Å². The van der Waals surface area contributed by atoms with E-state index in [2.05, 4.69) is 10.7 Å². The third kappa shape index (κ3) is 55.1. The Bertz CT molecular complexity index is 146. The number of nitrogens with one attached hydrogen (secondary N) is 2. The van der Waals surface area contributed by atoms with Crippen LogP contribution in [0.2, 0.25) is 0 Å². The zero-order chi connectivity index (χ0) is 9.28. The molecular weight excluding hydrogens is 199 g/mol. The molecule has 0 aromatic rings. The van der Waals surface area contributed by atoms with Gasteiger partial charge in [0.2, 0.25) is 5.96 Å². The summed E-state index contributed by atoms with van der Waals surface area (Å²) in [5.74, 6) is -0.459. The summed E-state index contributed by atoms with van der Waals surface area (Å²) < 4.78 is 0. The summed E-state index contributed by atoms with van der Waals surface area (Å²) in [6.07, 6.45) is -1.83. The van der Waals surface area contributed by atoms with Gasteiger partial charge < -0.3 is 15.9 Å². The van der Waals surface area contributed by atoms with Crippen LogP contribution in [0.4, 0.5) is 4.79 Å². The van der Waals surface area contributed by atoms with Gasteiger partial charge in [0.1, 0.15) is 0 Å². The molecule has 0 heterocycles. The molecule has 0 aliphatic heterocycles. The number of rotatable bonds is 2. The molecule has 0 fully saturated rings. The normalized spacial score (nSPS) is 6.00. The van der Waals surface area contributed by atoms with Crippen molar-refractivity contribution in [1.82, 2.24) is 5.48 Å². The Hall–Kier alpha value is -0.424. The number of hydrogen-bond acceptors (Lipinski definition) is 5. The van der Waals surface area contributed by atoms with Gasteiger partial charge in [0.05, 0.1) is 0 Å². The number of nitrogens with zero attached hydrogens (tertiary/aromatic N) is 1. The van der Waals surface area contributed by atoms with Gasteiger partial charge in [-0.15, -0.1) is 4.91 Å². The first kappa shape index (κ1) is 17.6. The second kappa shape index (κ2) is 13.2. The summed E-state index contributed by atoms with van der Waals surface area (Å²) in [6.45, 7) is 0. The van der Waals surface area contributed by atoms with Gasteiger partial charge in [-0.25, -0.2) is 9.73 Å². The van der Waals surface area contributed by atoms with Gasteiger partial charge in [-0.1, -0.05) is 0 Å². The van der Waals surface area contributed by atoms with E-state index in [0.717, 1.165) is 0 Å². The van der Waals surface area contributed by atoms with Gasteiger partial charge in [0.25, 0.3) is 0 Å². The first-order valence-electron chi connectivity index (χ1n) is 2.01. The molecule has 6 N–H and O–H groups in total. The average Bonchev–Trinajstić information content (AvgIpc) is 1.82. The third-order valence-corrected chi connectivity index (χ3v) is 0.193. The monoisotopic (exact) mass is 206 g/mol. The van der Waals surface area contributed by atoms with Gasteiger partial charge in [0, 0.05) is 0 Å². The molecule has 12 heavy (non-hydrogen) atoms. The van der Waals surface area contributed by atoms with Crippen molar-refractivity contribution in [1.29, 1.82) is 5.41 Å². The summed E-state index contributed by atoms with van der Waals surface area (Å²) in [7, 11) is 0. The Balaban J connectivity index is -0.000000142. The molecule has 0 bridgehead atoms. The molecule has 66 valence electrons. The topological polar surface area (TPSA) is 158 Å². The molecule has 0 spiro atoms. The molecule has 0 unspecified atom stereocenters. The van der Waals surface area contributed by atoms with Crippen LogP contribution in [0.3, 0.4) is 0 Å². The summed E-state index contributed by atoms with van der Waals surface area (Å²) in [4.78, 5) is 21.1. The number of hydrogen-bond donors (Lipinski definition) is 5. The Morgan fingerprint density at radius 1 is 1.58 bits per heavy atom. The quantitative estimate of drug-likeness (QED) is 0.123. The van der Waals surface area contributed by atoms with Crippen molar-refractivity contribution in [2.45, 2.75) is 0 Å². The van der Waals surface area contributed by atoms with Crippen molar-refractivity contribution < 1.29 is 19.9 Å². The molecule has 0 aliphatic carbocycles. The Morgan fingerprint density at radius 3 is 2.00 bits per heavy atom. The zero-order valence-corrected chi connectivity index (χ0v) is 5.14. The number of nitrogens with two attached hydrogens (primary N) is 1. The predicted molar refractivity (Wildman–Crippen MR) is 39.7 cm³/mol. The zero-order valence-electron chi connectivity index (χ0n) is 5.14. The van der Waals surface area contributed by atoms with Crippen molar-refractivity contribution >= 4 is 63.5 Å². The van der Waals surface area contributed by atoms with E-state index in [0.29, 0.717) is 0 Å². The molecule has 0 aromatic heterocycles. The first-order chi connectivity index (χ1) is 5.00. The fourth-order valence-corrected chi connectivity index (χ4v) is 0.0678. The SMILES string of the molecule is N=C(N)NON=O.O=C(O)O.[KH]. The van der Waals surface area contributed by atoms with Crippen LogP contribution in [-0.2, 0) is 4.94 Å². The first-order valence-corrected chi connectivity index (χ1v) is 2.01. The maximum atomic E-state index is 9.02. The van der Waals surface area contributed by atoms with Crippen molar-refractivity contribution in [2.24, 2.45) is 11.1 Å². The van der Waals surface area contributed by atoms with Crippen molar-refractivity contribution in [3.63, 3.8) is 0 Å². The van der Waals surface area contributed by atoms with Crippen LogP contribution in [0.25, 0.3) is 0 Å². The standard InChI is InChI=1S/CH4N4O2.CH2O3.K.H/c2-1(3)4-7-5-6;2-1(3)4;;/h(H4,2,3,4);(H2,2,3,4);;. The fraction of sp³-hybridized carbons (Fsp3) is 0. The third-order valence-electron chi connectivity index (χ3n) is 0.193. The Labute approximate surface area is 109 Å². The van der Waals surface area contributed by atoms with Crippen LogP contribution in [0.1, 0.15) is 0 Å². The summed E-state index contributed by atoms with van der Waals surface area (Å²) in [5.41, 5.74) is 6.30. The van der Waals surface area contributed by atoms with Gasteiger partial charge in [0.15, 0.2) is 5.34 Å². The number of carbonyl (C=O) groups is 1. The second-order valence-electron chi connectivity index (χ2n) is 0.964. The molecule has 0 rings (SSSR count). The molecule has 0 aliphatic rings. The molecule has 0 atom stereocenters. The van der Waals surface area contributed by atoms with E-state index < -0.39 is 12.1 Å². The van der Waals surface area contributed by atoms with E-state index in [1.165, 1.54) is 0 Å². The molecular formula is C2H7KN4O5. The van der Waals surface area contributed by atoms with Crippen molar-refractivity contribution in [3.8, 4) is 0 Å². The molecule has 10 heteroatoms. The minimum absolute atomic E-state index is 0. The molecule has 0 amide bonds. The van der Waals surface area contributed by atoms with Crippen LogP contribution in [0, 0.1) is 10.3 Å². The molecule has 0 aromatic carbocycles. The molecule has 0 radical (unpaired) electrons. The van der Waals surface area contributed by atoms with E-state index in [4.69, 9.17) is 25.3 Å². The van der Waals surface area contributed by atoms with Gasteiger partial charge >= 0.3 is 57.5 Å². The second-order valence-corrected chi connectivity index (χ2v) is 0.964. The van der Waals surface area contributed by atoms with Crippen molar-refractivity contribution in [2.75, 3.05) is 0 Å². The van der Waals surface area contributed by atoms with Gasteiger partial charge in [-0.05, 0) is 0 Å². The maximum absolute atomic E-state index is 9.02. The van der Waals surface area contributed by atoms with E-state index >= 15 is 0 Å². The average molecular weight is 206 g/mol. The van der Waals surface area contributed by atoms with Crippen LogP contribution in [0.5, 0.6) is 0 Å².